The second-order valence-electron chi connectivity index (χ2n) is 8.22. The van der Waals surface area contributed by atoms with Crippen molar-refractivity contribution >= 4 is 30.0 Å². The molecule has 0 N–H and O–H groups in total. The molecule has 12 nitrogen and oxygen atoms in total. The largest absolute Gasteiger partial charge is 0.463 e. The lowest BCUT2D eigenvalue weighted by molar-refractivity contribution is -0.288. The molecule has 0 spiro atoms. The van der Waals surface area contributed by atoms with Gasteiger partial charge in [-0.05, 0) is 23.8 Å². The topological polar surface area (TPSA) is 142 Å². The molecule has 2 unspecified atom stereocenters. The zero-order chi connectivity index (χ0) is 26.9. The van der Waals surface area contributed by atoms with E-state index in [1.807, 2.05) is 6.08 Å². The first-order valence-electron chi connectivity index (χ1n) is 11.6. The highest BCUT2D eigenvalue weighted by atomic mass is 16.7. The first kappa shape index (κ1) is 28.1. The van der Waals surface area contributed by atoms with E-state index in [2.05, 4.69) is 0 Å². The fourth-order valence-corrected chi connectivity index (χ4v) is 3.75. The van der Waals surface area contributed by atoms with Crippen molar-refractivity contribution in [3.05, 3.63) is 35.9 Å². The summed E-state index contributed by atoms with van der Waals surface area (Å²) in [4.78, 5) is 47.1. The first-order chi connectivity index (χ1) is 17.6. The molecule has 0 radical (unpaired) electrons. The van der Waals surface area contributed by atoms with Gasteiger partial charge in [0.25, 0.3) is 0 Å². The lowest BCUT2D eigenvalue weighted by atomic mass is 9.98. The highest BCUT2D eigenvalue weighted by Crippen LogP contribution is 2.31. The predicted molar refractivity (Wildman–Crippen MR) is 124 cm³/mol. The minimum Gasteiger partial charge on any atom is -0.463 e. The molecule has 2 aliphatic rings. The van der Waals surface area contributed by atoms with Crippen LogP contribution in [0.2, 0.25) is 0 Å². The van der Waals surface area contributed by atoms with Crippen LogP contribution in [0.4, 0.5) is 0 Å². The minimum absolute atomic E-state index is 0.339. The minimum atomic E-state index is -1.31. The number of benzene rings is 1. The van der Waals surface area contributed by atoms with Gasteiger partial charge in [-0.25, -0.2) is 0 Å². The zero-order valence-electron chi connectivity index (χ0n) is 20.9. The highest BCUT2D eigenvalue weighted by Gasteiger charge is 2.53. The molecule has 2 fully saturated rings. The van der Waals surface area contributed by atoms with Crippen molar-refractivity contribution in [3.8, 4) is 5.75 Å². The number of carbonyl (C=O) groups excluding carboxylic acids is 4. The summed E-state index contributed by atoms with van der Waals surface area (Å²) in [5.74, 6) is -2.41. The third-order valence-corrected chi connectivity index (χ3v) is 5.17. The summed E-state index contributed by atoms with van der Waals surface area (Å²) < 4.78 is 43.8. The van der Waals surface area contributed by atoms with Crippen LogP contribution < -0.4 is 4.74 Å². The van der Waals surface area contributed by atoms with E-state index in [0.717, 1.165) is 26.3 Å². The number of rotatable bonds is 9. The Morgan fingerprint density at radius 2 is 1.38 bits per heavy atom. The van der Waals surface area contributed by atoms with Crippen LogP contribution in [-0.4, -0.2) is 80.7 Å². The summed E-state index contributed by atoms with van der Waals surface area (Å²) in [6, 6.07) is 6.85. The van der Waals surface area contributed by atoms with Crippen LogP contribution in [0, 0.1) is 0 Å². The Morgan fingerprint density at radius 1 is 0.811 bits per heavy atom. The maximum Gasteiger partial charge on any atom is 0.303 e. The van der Waals surface area contributed by atoms with Crippen molar-refractivity contribution in [3.63, 3.8) is 0 Å². The molecular formula is C25H30O12. The number of hydrogen-bond donors (Lipinski definition) is 0. The van der Waals surface area contributed by atoms with E-state index >= 15 is 0 Å². The molecule has 12 heteroatoms. The summed E-state index contributed by atoms with van der Waals surface area (Å²) in [7, 11) is 0. The van der Waals surface area contributed by atoms with E-state index in [4.69, 9.17) is 37.9 Å². The Balaban J connectivity index is 1.85. The van der Waals surface area contributed by atoms with Crippen LogP contribution in [0.5, 0.6) is 5.75 Å². The van der Waals surface area contributed by atoms with Gasteiger partial charge in [-0.15, -0.1) is 0 Å². The average molecular weight is 523 g/mol. The van der Waals surface area contributed by atoms with E-state index < -0.39 is 60.9 Å². The molecular weight excluding hydrogens is 492 g/mol. The van der Waals surface area contributed by atoms with Gasteiger partial charge in [-0.3, -0.25) is 19.2 Å². The molecule has 1 aromatic carbocycles. The summed E-state index contributed by atoms with van der Waals surface area (Å²) in [5, 5.41) is 0. The van der Waals surface area contributed by atoms with E-state index in [-0.39, 0.29) is 6.61 Å². The average Bonchev–Trinajstić information content (AvgIpc) is 3.34. The third-order valence-electron chi connectivity index (χ3n) is 5.17. The van der Waals surface area contributed by atoms with Gasteiger partial charge in [0.1, 0.15) is 18.5 Å². The summed E-state index contributed by atoms with van der Waals surface area (Å²) in [6.07, 6.45) is -3.05. The molecule has 2 saturated heterocycles. The van der Waals surface area contributed by atoms with E-state index in [0.29, 0.717) is 19.0 Å². The van der Waals surface area contributed by atoms with Crippen molar-refractivity contribution in [2.45, 2.75) is 64.7 Å². The zero-order valence-corrected chi connectivity index (χ0v) is 20.9. The van der Waals surface area contributed by atoms with Gasteiger partial charge in [0, 0.05) is 27.7 Å². The molecule has 3 rings (SSSR count). The van der Waals surface area contributed by atoms with Gasteiger partial charge in [-0.2, -0.15) is 0 Å². The molecule has 0 bridgehead atoms. The second kappa shape index (κ2) is 13.2. The van der Waals surface area contributed by atoms with Crippen LogP contribution in [0.15, 0.2) is 30.3 Å². The van der Waals surface area contributed by atoms with Crippen LogP contribution in [0.3, 0.4) is 0 Å². The van der Waals surface area contributed by atoms with Gasteiger partial charge in [0.15, 0.2) is 18.5 Å². The standard InChI is InChI=1S/C25H30O12/c1-14(26)32-13-20-22(33-15(2)27)23(34-16(3)28)24(35-17(4)29)25(37-20)36-19-8-5-18(6-9-19)7-10-21-30-11-12-31-21/h5-10,20-25H,11-13H2,1-4H3/b10-7+/t20?,22-,23-,24?,25+/m0/s1. The van der Waals surface area contributed by atoms with Crippen LogP contribution in [0.1, 0.15) is 33.3 Å². The number of carbonyl (C=O) groups is 4. The molecule has 1 aromatic rings. The van der Waals surface area contributed by atoms with Gasteiger partial charge in [0.05, 0.1) is 13.2 Å². The van der Waals surface area contributed by atoms with E-state index in [1.54, 1.807) is 30.3 Å². The van der Waals surface area contributed by atoms with E-state index in [9.17, 15) is 19.2 Å². The van der Waals surface area contributed by atoms with Crippen LogP contribution >= 0.6 is 0 Å². The number of hydrogen-bond acceptors (Lipinski definition) is 12. The lowest BCUT2D eigenvalue weighted by Crippen LogP contribution is -2.63. The van der Waals surface area contributed by atoms with Crippen molar-refractivity contribution in [1.29, 1.82) is 0 Å². The Hall–Kier alpha value is -3.48. The molecule has 0 aromatic heterocycles. The van der Waals surface area contributed by atoms with Crippen LogP contribution in [0.25, 0.3) is 6.08 Å². The first-order valence-corrected chi connectivity index (χ1v) is 11.6. The van der Waals surface area contributed by atoms with Crippen molar-refractivity contribution in [1.82, 2.24) is 0 Å². The normalized spacial score (nSPS) is 25.9. The smallest absolute Gasteiger partial charge is 0.303 e. The molecule has 0 amide bonds. The fourth-order valence-electron chi connectivity index (χ4n) is 3.75. The third kappa shape index (κ3) is 8.55. The molecule has 0 aliphatic carbocycles. The van der Waals surface area contributed by atoms with Gasteiger partial charge >= 0.3 is 23.9 Å². The van der Waals surface area contributed by atoms with Crippen LogP contribution in [-0.2, 0) is 52.3 Å². The summed E-state index contributed by atoms with van der Waals surface area (Å²) in [6.45, 7) is 5.40. The quantitative estimate of drug-likeness (QED) is 0.343. The Morgan fingerprint density at radius 3 is 1.95 bits per heavy atom. The Labute approximate surface area is 213 Å². The number of esters is 4. The van der Waals surface area contributed by atoms with E-state index in [1.165, 1.54) is 6.92 Å². The fraction of sp³-hybridized carbons (Fsp3) is 0.520. The number of ether oxygens (including phenoxy) is 8. The monoisotopic (exact) mass is 522 g/mol. The maximum absolute atomic E-state index is 11.9. The lowest BCUT2D eigenvalue weighted by Gasteiger charge is -2.43. The summed E-state index contributed by atoms with van der Waals surface area (Å²) >= 11 is 0. The van der Waals surface area contributed by atoms with Crippen molar-refractivity contribution in [2.24, 2.45) is 0 Å². The molecule has 202 valence electrons. The molecule has 37 heavy (non-hydrogen) atoms. The Kier molecular flexibility index (Phi) is 10.0. The van der Waals surface area contributed by atoms with Gasteiger partial charge in [0.2, 0.25) is 12.4 Å². The van der Waals surface area contributed by atoms with Gasteiger partial charge < -0.3 is 37.9 Å². The SMILES string of the molecule is CC(=O)OCC1O[C@@H](Oc2ccc(/C=C/C3OCCO3)cc2)C(OC(C)=O)[C@@H](OC(C)=O)[C@H]1OC(C)=O. The Bertz CT molecular complexity index is 982. The second-order valence-corrected chi connectivity index (χ2v) is 8.22. The maximum atomic E-state index is 11.9. The van der Waals surface area contributed by atoms with Crippen molar-refractivity contribution < 1.29 is 57.1 Å². The van der Waals surface area contributed by atoms with Crippen molar-refractivity contribution in [2.75, 3.05) is 19.8 Å². The van der Waals surface area contributed by atoms with Gasteiger partial charge in [-0.1, -0.05) is 18.2 Å². The highest BCUT2D eigenvalue weighted by molar-refractivity contribution is 5.68. The molecule has 0 saturated carbocycles. The predicted octanol–water partition coefficient (Wildman–Crippen LogP) is 1.53. The molecule has 5 atom stereocenters. The molecule has 2 aliphatic heterocycles. The summed E-state index contributed by atoms with van der Waals surface area (Å²) in [5.41, 5.74) is 0.841. The molecule has 2 heterocycles.